The van der Waals surface area contributed by atoms with Crippen molar-refractivity contribution in [3.05, 3.63) is 60.0 Å². The summed E-state index contributed by atoms with van der Waals surface area (Å²) in [6.45, 7) is 2.33. The highest BCUT2D eigenvalue weighted by atomic mass is 16.5. The highest BCUT2D eigenvalue weighted by Gasteiger charge is 2.14. The first-order chi connectivity index (χ1) is 13.7. The molecular formula is C21H22N4O3. The fourth-order valence-corrected chi connectivity index (χ4v) is 3.25. The third-order valence-corrected chi connectivity index (χ3v) is 4.78. The number of hydrogen-bond donors (Lipinski definition) is 1. The molecule has 1 amide bonds. The van der Waals surface area contributed by atoms with Crippen LogP contribution in [0, 0.1) is 0 Å². The zero-order valence-corrected chi connectivity index (χ0v) is 15.7. The van der Waals surface area contributed by atoms with Crippen LogP contribution in [0.5, 0.6) is 5.75 Å². The zero-order valence-electron chi connectivity index (χ0n) is 15.7. The van der Waals surface area contributed by atoms with E-state index >= 15 is 0 Å². The topological polar surface area (TPSA) is 80.5 Å². The number of nitrogens with one attached hydrogen (secondary N) is 1. The van der Waals surface area contributed by atoms with Crippen LogP contribution in [0.25, 0.3) is 11.5 Å². The zero-order chi connectivity index (χ0) is 19.3. The number of carbonyl (C=O) groups is 1. The molecule has 0 atom stereocenters. The van der Waals surface area contributed by atoms with Crippen molar-refractivity contribution in [2.75, 3.05) is 25.1 Å². The van der Waals surface area contributed by atoms with Gasteiger partial charge >= 0.3 is 0 Å². The number of methoxy groups -OCH3 is 1. The molecule has 1 N–H and O–H groups in total. The molecule has 4 rings (SSSR count). The van der Waals surface area contributed by atoms with E-state index in [0.717, 1.165) is 24.3 Å². The van der Waals surface area contributed by atoms with Crippen LogP contribution in [0.2, 0.25) is 0 Å². The average Bonchev–Trinajstić information content (AvgIpc) is 3.44. The van der Waals surface area contributed by atoms with Gasteiger partial charge in [-0.25, -0.2) is 0 Å². The van der Waals surface area contributed by atoms with Crippen LogP contribution in [0.1, 0.15) is 29.1 Å². The predicted octanol–water partition coefficient (Wildman–Crippen LogP) is 3.28. The maximum absolute atomic E-state index is 12.4. The van der Waals surface area contributed by atoms with E-state index in [2.05, 4.69) is 20.4 Å². The Morgan fingerprint density at radius 3 is 2.68 bits per heavy atom. The Morgan fingerprint density at radius 2 is 1.93 bits per heavy atom. The number of hydrogen-bond acceptors (Lipinski definition) is 6. The molecule has 0 unspecified atom stereocenters. The van der Waals surface area contributed by atoms with E-state index < -0.39 is 0 Å². The number of amides is 1. The third kappa shape index (κ3) is 3.98. The Labute approximate surface area is 163 Å². The molecule has 1 saturated heterocycles. The Hall–Kier alpha value is -3.35. The lowest BCUT2D eigenvalue weighted by Crippen LogP contribution is -2.23. The summed E-state index contributed by atoms with van der Waals surface area (Å²) in [6, 6.07) is 15.1. The van der Waals surface area contributed by atoms with Gasteiger partial charge < -0.3 is 19.4 Å². The summed E-state index contributed by atoms with van der Waals surface area (Å²) in [5, 5.41) is 10.9. The van der Waals surface area contributed by atoms with Gasteiger partial charge in [-0.2, -0.15) is 0 Å². The van der Waals surface area contributed by atoms with Crippen LogP contribution >= 0.6 is 0 Å². The van der Waals surface area contributed by atoms with Crippen molar-refractivity contribution < 1.29 is 13.9 Å². The first-order valence-corrected chi connectivity index (χ1v) is 9.33. The molecular weight excluding hydrogens is 356 g/mol. The summed E-state index contributed by atoms with van der Waals surface area (Å²) in [5.74, 6) is 1.27. The number of nitrogens with zero attached hydrogens (tertiary/aromatic N) is 3. The molecule has 0 aliphatic carbocycles. The van der Waals surface area contributed by atoms with Gasteiger partial charge in [-0.3, -0.25) is 4.79 Å². The highest BCUT2D eigenvalue weighted by molar-refractivity contribution is 5.94. The highest BCUT2D eigenvalue weighted by Crippen LogP contribution is 2.23. The minimum atomic E-state index is -0.172. The summed E-state index contributed by atoms with van der Waals surface area (Å²) in [7, 11) is 1.60. The van der Waals surface area contributed by atoms with Gasteiger partial charge in [-0.15, -0.1) is 10.2 Å². The van der Waals surface area contributed by atoms with Crippen LogP contribution in [0.3, 0.4) is 0 Å². The van der Waals surface area contributed by atoms with E-state index in [9.17, 15) is 4.79 Å². The third-order valence-electron chi connectivity index (χ3n) is 4.78. The van der Waals surface area contributed by atoms with Crippen molar-refractivity contribution in [1.29, 1.82) is 0 Å². The van der Waals surface area contributed by atoms with Crippen molar-refractivity contribution in [2.45, 2.75) is 19.4 Å². The lowest BCUT2D eigenvalue weighted by atomic mass is 10.2. The van der Waals surface area contributed by atoms with Crippen LogP contribution in [0.4, 0.5) is 5.69 Å². The molecule has 7 nitrogen and oxygen atoms in total. The quantitative estimate of drug-likeness (QED) is 0.709. The van der Waals surface area contributed by atoms with Gasteiger partial charge in [0, 0.05) is 29.9 Å². The minimum absolute atomic E-state index is 0.170. The Bertz CT molecular complexity index is 946. The van der Waals surface area contributed by atoms with Crippen LogP contribution in [-0.2, 0) is 6.54 Å². The van der Waals surface area contributed by atoms with E-state index in [1.165, 1.54) is 12.8 Å². The van der Waals surface area contributed by atoms with E-state index in [1.54, 1.807) is 7.11 Å². The van der Waals surface area contributed by atoms with Crippen LogP contribution < -0.4 is 15.0 Å². The second-order valence-electron chi connectivity index (χ2n) is 6.66. The van der Waals surface area contributed by atoms with Crippen molar-refractivity contribution in [1.82, 2.24) is 15.5 Å². The monoisotopic (exact) mass is 378 g/mol. The molecule has 1 aliphatic heterocycles. The van der Waals surface area contributed by atoms with E-state index in [0.29, 0.717) is 23.1 Å². The Balaban J connectivity index is 1.36. The number of ether oxygens (including phenoxy) is 1. The molecule has 0 saturated carbocycles. The number of benzene rings is 2. The molecule has 28 heavy (non-hydrogen) atoms. The summed E-state index contributed by atoms with van der Waals surface area (Å²) < 4.78 is 10.8. The van der Waals surface area contributed by atoms with Gasteiger partial charge in [0.1, 0.15) is 5.75 Å². The smallest absolute Gasteiger partial charge is 0.251 e. The second kappa shape index (κ2) is 8.12. The summed E-state index contributed by atoms with van der Waals surface area (Å²) in [5.41, 5.74) is 2.53. The number of carbonyl (C=O) groups excluding carboxylic acids is 1. The molecule has 1 fully saturated rings. The van der Waals surface area contributed by atoms with Gasteiger partial charge in [-0.05, 0) is 55.3 Å². The fraction of sp³-hybridized carbons (Fsp3) is 0.286. The summed E-state index contributed by atoms with van der Waals surface area (Å²) in [6.07, 6.45) is 2.45. The summed E-state index contributed by atoms with van der Waals surface area (Å²) in [4.78, 5) is 14.7. The second-order valence-corrected chi connectivity index (χ2v) is 6.66. The van der Waals surface area contributed by atoms with Gasteiger partial charge in [0.25, 0.3) is 5.91 Å². The lowest BCUT2D eigenvalue weighted by molar-refractivity contribution is 0.0947. The van der Waals surface area contributed by atoms with Crippen molar-refractivity contribution in [2.24, 2.45) is 0 Å². The first kappa shape index (κ1) is 18.0. The Morgan fingerprint density at radius 1 is 1.14 bits per heavy atom. The molecule has 3 aromatic rings. The van der Waals surface area contributed by atoms with Gasteiger partial charge in [0.15, 0.2) is 0 Å². The normalized spacial score (nSPS) is 13.5. The van der Waals surface area contributed by atoms with E-state index in [-0.39, 0.29) is 12.5 Å². The number of rotatable bonds is 6. The molecule has 7 heteroatoms. The lowest BCUT2D eigenvalue weighted by Gasteiger charge is -2.17. The first-order valence-electron chi connectivity index (χ1n) is 9.33. The molecule has 0 bridgehead atoms. The largest absolute Gasteiger partial charge is 0.497 e. The molecule has 1 aromatic heterocycles. The van der Waals surface area contributed by atoms with Crippen molar-refractivity contribution in [3.8, 4) is 17.2 Å². The van der Waals surface area contributed by atoms with Crippen molar-refractivity contribution in [3.63, 3.8) is 0 Å². The van der Waals surface area contributed by atoms with Gasteiger partial charge in [-0.1, -0.05) is 6.07 Å². The molecule has 0 spiro atoms. The number of anilines is 1. The fourth-order valence-electron chi connectivity index (χ4n) is 3.25. The van der Waals surface area contributed by atoms with Gasteiger partial charge in [0.05, 0.1) is 13.7 Å². The minimum Gasteiger partial charge on any atom is -0.497 e. The standard InChI is InChI=1S/C21H22N4O3/c1-27-18-6-4-5-16(13-18)21-24-23-19(28-21)14-22-20(26)15-7-9-17(10-8-15)25-11-2-3-12-25/h4-10,13H,2-3,11-12,14H2,1H3,(H,22,26). The molecule has 144 valence electrons. The maximum atomic E-state index is 12.4. The molecule has 1 aliphatic rings. The van der Waals surface area contributed by atoms with Crippen LogP contribution in [-0.4, -0.2) is 36.3 Å². The van der Waals surface area contributed by atoms with Gasteiger partial charge in [0.2, 0.25) is 11.8 Å². The van der Waals surface area contributed by atoms with E-state index in [4.69, 9.17) is 9.15 Å². The molecule has 2 aromatic carbocycles. The SMILES string of the molecule is COc1cccc(-c2nnc(CNC(=O)c3ccc(N4CCCC4)cc3)o2)c1. The van der Waals surface area contributed by atoms with Crippen molar-refractivity contribution >= 4 is 11.6 Å². The molecule has 2 heterocycles. The molecule has 0 radical (unpaired) electrons. The maximum Gasteiger partial charge on any atom is 0.251 e. The summed E-state index contributed by atoms with van der Waals surface area (Å²) >= 11 is 0. The average molecular weight is 378 g/mol. The van der Waals surface area contributed by atoms with E-state index in [1.807, 2.05) is 48.5 Å². The number of aromatic nitrogens is 2. The Kier molecular flexibility index (Phi) is 5.23. The predicted molar refractivity (Wildman–Crippen MR) is 105 cm³/mol. The van der Waals surface area contributed by atoms with Crippen LogP contribution in [0.15, 0.2) is 52.9 Å².